The fraction of sp³-hybridized carbons (Fsp3) is 0.651. The molecule has 2 N–H and O–H groups in total. The first-order valence-electron chi connectivity index (χ1n) is 19.9. The van der Waals surface area contributed by atoms with Crippen molar-refractivity contribution in [1.29, 1.82) is 0 Å². The van der Waals surface area contributed by atoms with E-state index in [-0.39, 0.29) is 12.5 Å². The highest BCUT2D eigenvalue weighted by Crippen LogP contribution is 2.38. The van der Waals surface area contributed by atoms with Crippen LogP contribution in [0.25, 0.3) is 0 Å². The molecule has 0 bridgehead atoms. The number of aliphatic hydroxyl groups excluding tert-OH is 1. The maximum Gasteiger partial charge on any atom is 0.268 e. The second-order valence-electron chi connectivity index (χ2n) is 14.2. The minimum atomic E-state index is -4.60. The van der Waals surface area contributed by atoms with Gasteiger partial charge in [0.2, 0.25) is 5.91 Å². The first-order valence-corrected chi connectivity index (χ1v) is 21.4. The third-order valence-corrected chi connectivity index (χ3v) is 9.05. The number of aliphatic hydroxyl groups is 1. The maximum absolute atomic E-state index is 12.8. The summed E-state index contributed by atoms with van der Waals surface area (Å²) in [7, 11) is 1.21. The molecule has 52 heavy (non-hydrogen) atoms. The molecule has 0 aliphatic carbocycles. The predicted octanol–water partition coefficient (Wildman–Crippen LogP) is 9.99. The fourth-order valence-corrected chi connectivity index (χ4v) is 5.62. The van der Waals surface area contributed by atoms with Crippen molar-refractivity contribution in [2.24, 2.45) is 0 Å². The summed E-state index contributed by atoms with van der Waals surface area (Å²) in [5.74, 6) is -0.235. The molecule has 0 aliphatic rings. The number of nitrogens with zero attached hydrogens (tertiary/aromatic N) is 1. The number of likely N-dealkylation sites (N-methyl/N-ethyl adjacent to an activating group) is 1. The molecule has 3 unspecified atom stereocenters. The average molecular weight is 747 g/mol. The van der Waals surface area contributed by atoms with Gasteiger partial charge in [0.05, 0.1) is 39.9 Å². The van der Waals surface area contributed by atoms with Crippen molar-refractivity contribution in [3.05, 3.63) is 85.1 Å². The number of allylic oxidation sites excluding steroid dienone is 13. The standard InChI is InChI=1S/C43H75N2O6P/c1-6-8-10-12-14-16-17-18-19-20-21-22-23-24-25-26-27-29-31-33-35-37-43(47)44-41(40-51-52(48,49)50-39-38-45(3,4)5)42(46)36-34-32-30-28-15-13-11-9-7-2/h8,10,14-16,18-19,21-22,24-25,28,34,36,41-42,46H,6-7,9,11-13,17,20,23,26-27,29-33,35,37-40H2,1-5H3,(H-,44,47,48,49)/b10-8-,16-14-,19-18-,22-21-,25-24-,28-15+,36-34+. The van der Waals surface area contributed by atoms with Crippen LogP contribution in [0.1, 0.15) is 129 Å². The summed E-state index contributed by atoms with van der Waals surface area (Å²) < 4.78 is 23.0. The van der Waals surface area contributed by atoms with E-state index in [0.717, 1.165) is 89.9 Å². The molecular weight excluding hydrogens is 671 g/mol. The predicted molar refractivity (Wildman–Crippen MR) is 219 cm³/mol. The van der Waals surface area contributed by atoms with Gasteiger partial charge in [-0.15, -0.1) is 0 Å². The second kappa shape index (κ2) is 34.4. The first kappa shape index (κ1) is 49.7. The Labute approximate surface area is 318 Å². The van der Waals surface area contributed by atoms with E-state index in [2.05, 4.69) is 92.1 Å². The van der Waals surface area contributed by atoms with Gasteiger partial charge in [-0.2, -0.15) is 0 Å². The molecule has 0 radical (unpaired) electrons. The van der Waals surface area contributed by atoms with E-state index in [4.69, 9.17) is 9.05 Å². The molecule has 0 aromatic heterocycles. The van der Waals surface area contributed by atoms with Gasteiger partial charge in [0, 0.05) is 6.42 Å². The van der Waals surface area contributed by atoms with Crippen LogP contribution in [0.15, 0.2) is 85.1 Å². The molecule has 0 spiro atoms. The molecule has 0 aromatic carbocycles. The Kier molecular flexibility index (Phi) is 32.9. The summed E-state index contributed by atoms with van der Waals surface area (Å²) in [5, 5.41) is 13.6. The number of unbranched alkanes of at least 4 members (excludes halogenated alkanes) is 9. The number of nitrogens with one attached hydrogen (secondary N) is 1. The number of amides is 1. The Morgan fingerprint density at radius 3 is 1.79 bits per heavy atom. The topological polar surface area (TPSA) is 108 Å². The third-order valence-electron chi connectivity index (χ3n) is 8.09. The Hall–Kier alpha value is -2.32. The van der Waals surface area contributed by atoms with E-state index < -0.39 is 26.6 Å². The van der Waals surface area contributed by atoms with Crippen LogP contribution in [0.4, 0.5) is 0 Å². The number of phosphoric ester groups is 1. The van der Waals surface area contributed by atoms with Crippen LogP contribution in [-0.2, 0) is 18.4 Å². The fourth-order valence-electron chi connectivity index (χ4n) is 4.90. The van der Waals surface area contributed by atoms with E-state index in [0.29, 0.717) is 17.4 Å². The second-order valence-corrected chi connectivity index (χ2v) is 15.7. The molecule has 8 nitrogen and oxygen atoms in total. The quantitative estimate of drug-likeness (QED) is 0.0294. The van der Waals surface area contributed by atoms with Crippen molar-refractivity contribution in [3.8, 4) is 0 Å². The molecule has 0 saturated carbocycles. The van der Waals surface area contributed by atoms with E-state index in [1.807, 2.05) is 27.2 Å². The van der Waals surface area contributed by atoms with Crippen LogP contribution in [0.3, 0.4) is 0 Å². The molecule has 0 aromatic rings. The lowest BCUT2D eigenvalue weighted by Gasteiger charge is -2.29. The molecule has 9 heteroatoms. The minimum Gasteiger partial charge on any atom is -0.756 e. The average Bonchev–Trinajstić information content (AvgIpc) is 3.09. The molecule has 0 aliphatic heterocycles. The van der Waals surface area contributed by atoms with E-state index >= 15 is 0 Å². The molecule has 1 amide bonds. The number of hydrogen-bond acceptors (Lipinski definition) is 6. The minimum absolute atomic E-state index is 0.0158. The first-order chi connectivity index (χ1) is 25.0. The number of rotatable bonds is 34. The highest BCUT2D eigenvalue weighted by Gasteiger charge is 2.23. The normalized spacial score (nSPS) is 15.4. The van der Waals surface area contributed by atoms with Gasteiger partial charge in [0.25, 0.3) is 7.82 Å². The Morgan fingerprint density at radius 2 is 1.19 bits per heavy atom. The lowest BCUT2D eigenvalue weighted by Crippen LogP contribution is -2.45. The van der Waals surface area contributed by atoms with Gasteiger partial charge in [0.15, 0.2) is 0 Å². The number of quaternary nitrogens is 1. The van der Waals surface area contributed by atoms with Gasteiger partial charge >= 0.3 is 0 Å². The smallest absolute Gasteiger partial charge is 0.268 e. The monoisotopic (exact) mass is 747 g/mol. The lowest BCUT2D eigenvalue weighted by atomic mass is 10.1. The van der Waals surface area contributed by atoms with E-state index in [1.54, 1.807) is 6.08 Å². The highest BCUT2D eigenvalue weighted by atomic mass is 31.2. The van der Waals surface area contributed by atoms with Crippen molar-refractivity contribution in [2.75, 3.05) is 40.9 Å². The van der Waals surface area contributed by atoms with Crippen LogP contribution in [0.5, 0.6) is 0 Å². The zero-order valence-electron chi connectivity index (χ0n) is 33.5. The van der Waals surface area contributed by atoms with Crippen LogP contribution >= 0.6 is 7.82 Å². The zero-order chi connectivity index (χ0) is 38.6. The number of phosphoric acid groups is 1. The lowest BCUT2D eigenvalue weighted by molar-refractivity contribution is -0.870. The van der Waals surface area contributed by atoms with Crippen molar-refractivity contribution in [1.82, 2.24) is 5.32 Å². The van der Waals surface area contributed by atoms with Gasteiger partial charge < -0.3 is 28.8 Å². The van der Waals surface area contributed by atoms with Crippen LogP contribution in [-0.4, -0.2) is 68.5 Å². The summed E-state index contributed by atoms with van der Waals surface area (Å²) in [6.07, 6.45) is 46.4. The molecule has 0 rings (SSSR count). The number of hydrogen-bond donors (Lipinski definition) is 2. The van der Waals surface area contributed by atoms with Gasteiger partial charge in [0.1, 0.15) is 13.2 Å². The summed E-state index contributed by atoms with van der Waals surface area (Å²) in [6.45, 7) is 4.40. The molecule has 0 saturated heterocycles. The molecule has 3 atom stereocenters. The highest BCUT2D eigenvalue weighted by molar-refractivity contribution is 7.45. The van der Waals surface area contributed by atoms with Crippen LogP contribution < -0.4 is 10.2 Å². The third kappa shape index (κ3) is 36.1. The summed E-state index contributed by atoms with van der Waals surface area (Å²) >= 11 is 0. The van der Waals surface area contributed by atoms with E-state index in [9.17, 15) is 19.4 Å². The Balaban J connectivity index is 4.46. The maximum atomic E-state index is 12.8. The summed E-state index contributed by atoms with van der Waals surface area (Å²) in [6, 6.07) is -0.916. The molecule has 0 fully saturated rings. The van der Waals surface area contributed by atoms with Gasteiger partial charge in [-0.1, -0.05) is 131 Å². The zero-order valence-corrected chi connectivity index (χ0v) is 34.4. The van der Waals surface area contributed by atoms with E-state index in [1.165, 1.54) is 19.3 Å². The van der Waals surface area contributed by atoms with Crippen molar-refractivity contribution in [3.63, 3.8) is 0 Å². The van der Waals surface area contributed by atoms with Crippen LogP contribution in [0.2, 0.25) is 0 Å². The summed E-state index contributed by atoms with van der Waals surface area (Å²) in [5.41, 5.74) is 0. The van der Waals surface area contributed by atoms with Gasteiger partial charge in [-0.25, -0.2) is 0 Å². The largest absolute Gasteiger partial charge is 0.756 e. The SMILES string of the molecule is CC/C=C\C/C=C\C/C=C\C/C=C\C/C=C\CCCCCCCC(=O)NC(COP(=O)([O-])OCC[N+](C)(C)C)C(O)/C=C/CC/C=C/CCCCC. The van der Waals surface area contributed by atoms with Crippen molar-refractivity contribution < 1.29 is 32.9 Å². The Bertz CT molecular complexity index is 1120. The van der Waals surface area contributed by atoms with Gasteiger partial charge in [-0.05, 0) is 77.0 Å². The summed E-state index contributed by atoms with van der Waals surface area (Å²) in [4.78, 5) is 25.1. The molecular formula is C43H75N2O6P. The molecule has 298 valence electrons. The van der Waals surface area contributed by atoms with Crippen molar-refractivity contribution in [2.45, 2.75) is 142 Å². The van der Waals surface area contributed by atoms with Gasteiger partial charge in [-0.3, -0.25) is 9.36 Å². The Morgan fingerprint density at radius 1 is 0.692 bits per heavy atom. The number of carbonyl (C=O) groups excluding carboxylic acids is 1. The van der Waals surface area contributed by atoms with Crippen LogP contribution in [0, 0.1) is 0 Å². The number of carbonyl (C=O) groups is 1. The molecule has 0 heterocycles. The van der Waals surface area contributed by atoms with Crippen molar-refractivity contribution >= 4 is 13.7 Å².